The number of pyridine rings is 1. The molecule has 2 rings (SSSR count). The van der Waals surface area contributed by atoms with Gasteiger partial charge < -0.3 is 14.0 Å². The molecule has 0 amide bonds. The van der Waals surface area contributed by atoms with Gasteiger partial charge in [-0.1, -0.05) is 6.07 Å². The lowest BCUT2D eigenvalue weighted by molar-refractivity contribution is 0.339. The number of aromatic nitrogens is 2. The predicted molar refractivity (Wildman–Crippen MR) is 68.7 cm³/mol. The van der Waals surface area contributed by atoms with Gasteiger partial charge in [-0.05, 0) is 24.3 Å². The summed E-state index contributed by atoms with van der Waals surface area (Å²) in [6, 6.07) is 9.92. The van der Waals surface area contributed by atoms with Gasteiger partial charge in [-0.3, -0.25) is 4.98 Å². The fourth-order valence-electron chi connectivity index (χ4n) is 1.55. The first-order chi connectivity index (χ1) is 8.33. The molecule has 0 bridgehead atoms. The van der Waals surface area contributed by atoms with Crippen LogP contribution in [0.15, 0.2) is 36.5 Å². The van der Waals surface area contributed by atoms with Crippen molar-refractivity contribution in [3.05, 3.63) is 42.2 Å². The minimum absolute atomic E-state index is 0.759. The topological polar surface area (TPSA) is 47.1 Å². The number of aromatic amines is 1. The van der Waals surface area contributed by atoms with Crippen LogP contribution in [0, 0.1) is 0 Å². The minimum atomic E-state index is -0.840. The highest BCUT2D eigenvalue weighted by Crippen LogP contribution is 2.40. The zero-order valence-corrected chi connectivity index (χ0v) is 10.8. The van der Waals surface area contributed by atoms with Crippen molar-refractivity contribution < 1.29 is 9.05 Å². The van der Waals surface area contributed by atoms with E-state index in [2.05, 4.69) is 9.97 Å². The lowest BCUT2D eigenvalue weighted by Gasteiger charge is -2.10. The molecule has 0 radical (unpaired) electrons. The van der Waals surface area contributed by atoms with E-state index in [4.69, 9.17) is 9.05 Å². The second kappa shape index (κ2) is 5.92. The predicted octanol–water partition coefficient (Wildman–Crippen LogP) is 3.18. The second-order valence-electron chi connectivity index (χ2n) is 3.47. The van der Waals surface area contributed by atoms with E-state index in [0.717, 1.165) is 23.2 Å². The molecule has 2 heterocycles. The van der Waals surface area contributed by atoms with E-state index >= 15 is 0 Å². The first-order valence-electron chi connectivity index (χ1n) is 5.28. The molecule has 0 aliphatic heterocycles. The minimum Gasteiger partial charge on any atom is -0.357 e. The van der Waals surface area contributed by atoms with Gasteiger partial charge in [0.1, 0.15) is 0 Å². The Kier molecular flexibility index (Phi) is 4.26. The van der Waals surface area contributed by atoms with Gasteiger partial charge >= 0.3 is 0 Å². The van der Waals surface area contributed by atoms with Crippen LogP contribution in [-0.2, 0) is 15.2 Å². The van der Waals surface area contributed by atoms with Crippen LogP contribution >= 0.6 is 8.38 Å². The zero-order chi connectivity index (χ0) is 12.1. The van der Waals surface area contributed by atoms with Crippen LogP contribution in [0.4, 0.5) is 0 Å². The summed E-state index contributed by atoms with van der Waals surface area (Å²) in [7, 11) is 2.49. The van der Waals surface area contributed by atoms with Gasteiger partial charge in [0.05, 0.1) is 17.5 Å². The van der Waals surface area contributed by atoms with E-state index in [0.29, 0.717) is 0 Å². The van der Waals surface area contributed by atoms with Gasteiger partial charge in [-0.15, -0.1) is 0 Å². The molecule has 1 N–H and O–H groups in total. The summed E-state index contributed by atoms with van der Waals surface area (Å²) in [6.07, 6.45) is 2.54. The van der Waals surface area contributed by atoms with E-state index < -0.39 is 8.38 Å². The van der Waals surface area contributed by atoms with E-state index in [9.17, 15) is 0 Å². The van der Waals surface area contributed by atoms with Crippen LogP contribution in [0.25, 0.3) is 11.4 Å². The molecular weight excluding hydrogens is 235 g/mol. The van der Waals surface area contributed by atoms with Crippen molar-refractivity contribution in [1.82, 2.24) is 9.97 Å². The zero-order valence-electron chi connectivity index (χ0n) is 9.88. The van der Waals surface area contributed by atoms with Gasteiger partial charge in [0.25, 0.3) is 0 Å². The number of hydrogen-bond acceptors (Lipinski definition) is 3. The van der Waals surface area contributed by atoms with Gasteiger partial charge in [0.2, 0.25) is 0 Å². The maximum absolute atomic E-state index is 5.23. The molecule has 2 aromatic rings. The van der Waals surface area contributed by atoms with Crippen molar-refractivity contribution in [3.63, 3.8) is 0 Å². The Labute approximate surface area is 102 Å². The highest BCUT2D eigenvalue weighted by atomic mass is 31.2. The smallest absolute Gasteiger partial charge is 0.176 e. The largest absolute Gasteiger partial charge is 0.357 e. The molecular formula is C12H15N2O2P. The van der Waals surface area contributed by atoms with Gasteiger partial charge in [-0.2, -0.15) is 0 Å². The first-order valence-corrected chi connectivity index (χ1v) is 6.65. The van der Waals surface area contributed by atoms with Crippen LogP contribution < -0.4 is 0 Å². The number of hydrogen-bond donors (Lipinski definition) is 1. The normalized spacial score (nSPS) is 11.0. The van der Waals surface area contributed by atoms with Crippen molar-refractivity contribution in [2.75, 3.05) is 14.2 Å². The Balaban J connectivity index is 2.11. The maximum Gasteiger partial charge on any atom is 0.176 e. The van der Waals surface area contributed by atoms with Crippen LogP contribution in [0.1, 0.15) is 5.69 Å². The second-order valence-corrected chi connectivity index (χ2v) is 5.18. The lowest BCUT2D eigenvalue weighted by Crippen LogP contribution is -1.89. The molecule has 4 nitrogen and oxygen atoms in total. The average Bonchev–Trinajstić information content (AvgIpc) is 2.85. The molecule has 0 spiro atoms. The summed E-state index contributed by atoms with van der Waals surface area (Å²) in [5.41, 5.74) is 3.06. The summed E-state index contributed by atoms with van der Waals surface area (Å²) in [6.45, 7) is 0. The fraction of sp³-hybridized carbons (Fsp3) is 0.250. The lowest BCUT2D eigenvalue weighted by atomic mass is 10.3. The van der Waals surface area contributed by atoms with Crippen molar-refractivity contribution in [2.45, 2.75) is 6.16 Å². The number of rotatable bonds is 5. The summed E-state index contributed by atoms with van der Waals surface area (Å²) >= 11 is 0. The van der Waals surface area contributed by atoms with Crippen LogP contribution in [0.2, 0.25) is 0 Å². The monoisotopic (exact) mass is 250 g/mol. The molecule has 0 aliphatic rings. The number of H-pyrrole nitrogens is 1. The molecule has 17 heavy (non-hydrogen) atoms. The van der Waals surface area contributed by atoms with E-state index in [1.807, 2.05) is 30.3 Å². The summed E-state index contributed by atoms with van der Waals surface area (Å²) in [5.74, 6) is 0. The Hall–Kier alpha value is -1.22. The molecule has 90 valence electrons. The average molecular weight is 250 g/mol. The maximum atomic E-state index is 5.23. The van der Waals surface area contributed by atoms with E-state index in [-0.39, 0.29) is 0 Å². The van der Waals surface area contributed by atoms with Crippen molar-refractivity contribution in [3.8, 4) is 11.4 Å². The Bertz CT molecular complexity index is 455. The molecule has 0 unspecified atom stereocenters. The number of nitrogens with one attached hydrogen (secondary N) is 1. The SMILES string of the molecule is COP(Cc1ccc(-c2ccccn2)[nH]1)OC. The highest BCUT2D eigenvalue weighted by Gasteiger charge is 2.10. The Morgan fingerprint density at radius 2 is 2.00 bits per heavy atom. The molecule has 0 fully saturated rings. The van der Waals surface area contributed by atoms with Crippen molar-refractivity contribution in [2.24, 2.45) is 0 Å². The summed E-state index contributed by atoms with van der Waals surface area (Å²) in [4.78, 5) is 7.62. The van der Waals surface area contributed by atoms with Gasteiger partial charge in [0, 0.05) is 26.1 Å². The number of nitrogens with zero attached hydrogens (tertiary/aromatic N) is 1. The summed E-state index contributed by atoms with van der Waals surface area (Å²) in [5, 5.41) is 0. The van der Waals surface area contributed by atoms with Crippen molar-refractivity contribution in [1.29, 1.82) is 0 Å². The third-order valence-corrected chi connectivity index (χ3v) is 3.81. The molecule has 0 aliphatic carbocycles. The molecule has 5 heteroatoms. The summed E-state index contributed by atoms with van der Waals surface area (Å²) < 4.78 is 10.5. The Morgan fingerprint density at radius 1 is 1.18 bits per heavy atom. The molecule has 0 saturated carbocycles. The molecule has 0 saturated heterocycles. The van der Waals surface area contributed by atoms with Crippen LogP contribution in [0.3, 0.4) is 0 Å². The van der Waals surface area contributed by atoms with E-state index in [1.165, 1.54) is 0 Å². The molecule has 0 atom stereocenters. The van der Waals surface area contributed by atoms with Gasteiger partial charge in [-0.25, -0.2) is 0 Å². The van der Waals surface area contributed by atoms with Gasteiger partial charge in [0.15, 0.2) is 8.38 Å². The van der Waals surface area contributed by atoms with Crippen LogP contribution in [-0.4, -0.2) is 24.2 Å². The third-order valence-electron chi connectivity index (χ3n) is 2.39. The van der Waals surface area contributed by atoms with Crippen molar-refractivity contribution >= 4 is 8.38 Å². The standard InChI is InChI=1S/C12H15N2O2P/c1-15-17(16-2)9-10-6-7-12(14-10)11-5-3-4-8-13-11/h3-8,14H,9H2,1-2H3. The molecule has 0 aromatic carbocycles. The Morgan fingerprint density at radius 3 is 2.65 bits per heavy atom. The quantitative estimate of drug-likeness (QED) is 0.829. The first kappa shape index (κ1) is 12.2. The fourth-order valence-corrected chi connectivity index (χ4v) is 2.42. The molecule has 2 aromatic heterocycles. The third kappa shape index (κ3) is 3.13. The van der Waals surface area contributed by atoms with E-state index in [1.54, 1.807) is 20.4 Å². The van der Waals surface area contributed by atoms with Crippen LogP contribution in [0.5, 0.6) is 0 Å². The highest BCUT2D eigenvalue weighted by molar-refractivity contribution is 7.46.